The van der Waals surface area contributed by atoms with Crippen LogP contribution in [0.5, 0.6) is 0 Å². The number of hydrogen-bond acceptors (Lipinski definition) is 2. The monoisotopic (exact) mass is 343 g/mol. The Morgan fingerprint density at radius 3 is 2.54 bits per heavy atom. The Labute approximate surface area is 151 Å². The second kappa shape index (κ2) is 6.55. The third kappa shape index (κ3) is 3.13. The Kier molecular flexibility index (Phi) is 4.42. The summed E-state index contributed by atoms with van der Waals surface area (Å²) < 4.78 is 0. The SMILES string of the molecule is Cc1ccc(C)c(N2CCN(C(=S)N[C@@H]3C[C@H]4CC[C@H]3C4)CC2)c1. The first-order chi connectivity index (χ1) is 11.6. The molecule has 3 atom stereocenters. The number of anilines is 1. The van der Waals surface area contributed by atoms with Gasteiger partial charge in [-0.3, -0.25) is 0 Å². The summed E-state index contributed by atoms with van der Waals surface area (Å²) in [5, 5.41) is 4.69. The predicted molar refractivity (Wildman–Crippen MR) is 105 cm³/mol. The lowest BCUT2D eigenvalue weighted by molar-refractivity contribution is 0.345. The number of nitrogens with zero attached hydrogens (tertiary/aromatic N) is 2. The van der Waals surface area contributed by atoms with Crippen molar-refractivity contribution in [2.24, 2.45) is 11.8 Å². The van der Waals surface area contributed by atoms with E-state index in [-0.39, 0.29) is 0 Å². The van der Waals surface area contributed by atoms with E-state index < -0.39 is 0 Å². The molecule has 3 fully saturated rings. The summed E-state index contributed by atoms with van der Waals surface area (Å²) in [6.45, 7) is 8.56. The number of fused-ring (bicyclic) bond motifs is 2. The largest absolute Gasteiger partial charge is 0.368 e. The minimum atomic E-state index is 0.647. The van der Waals surface area contributed by atoms with E-state index in [0.717, 1.165) is 43.1 Å². The van der Waals surface area contributed by atoms with Gasteiger partial charge in [-0.2, -0.15) is 0 Å². The van der Waals surface area contributed by atoms with Crippen molar-refractivity contribution in [1.82, 2.24) is 10.2 Å². The molecule has 0 amide bonds. The van der Waals surface area contributed by atoms with Gasteiger partial charge in [-0.05, 0) is 74.4 Å². The normalized spacial score (nSPS) is 29.2. The number of thiocarbonyl (C=S) groups is 1. The number of nitrogens with one attached hydrogen (secondary N) is 1. The zero-order valence-electron chi connectivity index (χ0n) is 14.9. The summed E-state index contributed by atoms with van der Waals surface area (Å²) >= 11 is 5.72. The molecule has 1 heterocycles. The Bertz CT molecular complexity index is 621. The first-order valence-electron chi connectivity index (χ1n) is 9.48. The Hall–Kier alpha value is -1.29. The summed E-state index contributed by atoms with van der Waals surface area (Å²) in [4.78, 5) is 4.89. The summed E-state index contributed by atoms with van der Waals surface area (Å²) in [6, 6.07) is 7.40. The zero-order valence-corrected chi connectivity index (χ0v) is 15.7. The van der Waals surface area contributed by atoms with Crippen LogP contribution in [-0.4, -0.2) is 42.2 Å². The highest BCUT2D eigenvalue weighted by Crippen LogP contribution is 2.44. The van der Waals surface area contributed by atoms with Crippen molar-refractivity contribution in [3.63, 3.8) is 0 Å². The predicted octanol–water partition coefficient (Wildman–Crippen LogP) is 3.49. The van der Waals surface area contributed by atoms with E-state index in [2.05, 4.69) is 47.2 Å². The van der Waals surface area contributed by atoms with E-state index >= 15 is 0 Å². The number of hydrogen-bond donors (Lipinski definition) is 1. The lowest BCUT2D eigenvalue weighted by Gasteiger charge is -2.39. The molecular weight excluding hydrogens is 314 g/mol. The standard InChI is InChI=1S/C20H29N3S/c1-14-3-4-15(2)19(11-14)22-7-9-23(10-8-22)20(24)21-18-13-16-5-6-17(18)12-16/h3-4,11,16-18H,5-10,12-13H2,1-2H3,(H,21,24)/t16-,17-,18+/m0/s1. The Morgan fingerprint density at radius 2 is 1.88 bits per heavy atom. The third-order valence-corrected chi connectivity index (χ3v) is 6.70. The molecule has 2 saturated carbocycles. The maximum absolute atomic E-state index is 5.72. The minimum absolute atomic E-state index is 0.647. The van der Waals surface area contributed by atoms with Gasteiger partial charge in [0.2, 0.25) is 0 Å². The van der Waals surface area contributed by atoms with Gasteiger partial charge < -0.3 is 15.1 Å². The lowest BCUT2D eigenvalue weighted by atomic mass is 9.95. The molecule has 2 bridgehead atoms. The highest BCUT2D eigenvalue weighted by molar-refractivity contribution is 7.80. The van der Waals surface area contributed by atoms with Crippen LogP contribution in [0.2, 0.25) is 0 Å². The van der Waals surface area contributed by atoms with Crippen LogP contribution < -0.4 is 10.2 Å². The van der Waals surface area contributed by atoms with Crippen molar-refractivity contribution in [3.8, 4) is 0 Å². The van der Waals surface area contributed by atoms with E-state index in [4.69, 9.17) is 12.2 Å². The molecule has 0 aromatic heterocycles. The average Bonchev–Trinajstić information content (AvgIpc) is 3.20. The van der Waals surface area contributed by atoms with Crippen LogP contribution in [0.3, 0.4) is 0 Å². The lowest BCUT2D eigenvalue weighted by Crippen LogP contribution is -2.54. The van der Waals surface area contributed by atoms with Crippen LogP contribution in [0.1, 0.15) is 36.8 Å². The van der Waals surface area contributed by atoms with Gasteiger partial charge in [0.1, 0.15) is 0 Å². The summed E-state index contributed by atoms with van der Waals surface area (Å²) in [7, 11) is 0. The van der Waals surface area contributed by atoms with Gasteiger partial charge in [-0.1, -0.05) is 18.6 Å². The van der Waals surface area contributed by atoms with E-state index in [0.29, 0.717) is 6.04 Å². The third-order valence-electron chi connectivity index (χ3n) is 6.32. The first kappa shape index (κ1) is 16.2. The van der Waals surface area contributed by atoms with Crippen LogP contribution in [0, 0.1) is 25.7 Å². The van der Waals surface area contributed by atoms with Gasteiger partial charge in [-0.15, -0.1) is 0 Å². The molecule has 1 saturated heterocycles. The van der Waals surface area contributed by atoms with Crippen LogP contribution in [-0.2, 0) is 0 Å². The molecule has 1 N–H and O–H groups in total. The Morgan fingerprint density at radius 1 is 1.08 bits per heavy atom. The van der Waals surface area contributed by atoms with Crippen molar-refractivity contribution in [2.45, 2.75) is 45.6 Å². The maximum Gasteiger partial charge on any atom is 0.169 e. The molecule has 1 aliphatic heterocycles. The summed E-state index contributed by atoms with van der Waals surface area (Å²) in [5.41, 5.74) is 4.10. The zero-order chi connectivity index (χ0) is 16.7. The van der Waals surface area contributed by atoms with Gasteiger partial charge >= 0.3 is 0 Å². The highest BCUT2D eigenvalue weighted by atomic mass is 32.1. The molecule has 0 radical (unpaired) electrons. The van der Waals surface area contributed by atoms with Crippen LogP contribution in [0.15, 0.2) is 18.2 Å². The first-order valence-corrected chi connectivity index (χ1v) is 9.88. The van der Waals surface area contributed by atoms with Gasteiger partial charge in [0.05, 0.1) is 0 Å². The molecule has 130 valence electrons. The summed E-state index contributed by atoms with van der Waals surface area (Å²) in [5.74, 6) is 1.85. The molecule has 24 heavy (non-hydrogen) atoms. The van der Waals surface area contributed by atoms with Crippen LogP contribution >= 0.6 is 12.2 Å². The number of rotatable bonds is 2. The van der Waals surface area contributed by atoms with Gasteiger partial charge in [0, 0.05) is 37.9 Å². The van der Waals surface area contributed by atoms with Crippen molar-refractivity contribution >= 4 is 23.0 Å². The molecule has 4 rings (SSSR count). The number of aryl methyl sites for hydroxylation is 2. The molecule has 1 aromatic carbocycles. The highest BCUT2D eigenvalue weighted by Gasteiger charge is 2.40. The Balaban J connectivity index is 1.32. The smallest absolute Gasteiger partial charge is 0.169 e. The van der Waals surface area contributed by atoms with Crippen LogP contribution in [0.25, 0.3) is 0 Å². The second-order valence-electron chi connectivity index (χ2n) is 7.99. The topological polar surface area (TPSA) is 18.5 Å². The number of benzene rings is 1. The maximum atomic E-state index is 5.72. The van der Waals surface area contributed by atoms with E-state index in [1.807, 2.05) is 0 Å². The minimum Gasteiger partial charge on any atom is -0.368 e. The molecular formula is C20H29N3S. The average molecular weight is 344 g/mol. The van der Waals surface area contributed by atoms with Gasteiger partial charge in [-0.25, -0.2) is 0 Å². The van der Waals surface area contributed by atoms with Crippen molar-refractivity contribution in [1.29, 1.82) is 0 Å². The van der Waals surface area contributed by atoms with E-state index in [9.17, 15) is 0 Å². The van der Waals surface area contributed by atoms with E-state index in [1.54, 1.807) is 0 Å². The van der Waals surface area contributed by atoms with E-state index in [1.165, 1.54) is 42.5 Å². The van der Waals surface area contributed by atoms with Crippen molar-refractivity contribution in [3.05, 3.63) is 29.3 Å². The van der Waals surface area contributed by atoms with Crippen molar-refractivity contribution < 1.29 is 0 Å². The quantitative estimate of drug-likeness (QED) is 0.828. The fraction of sp³-hybridized carbons (Fsp3) is 0.650. The fourth-order valence-electron chi connectivity index (χ4n) is 4.88. The molecule has 0 spiro atoms. The van der Waals surface area contributed by atoms with Gasteiger partial charge in [0.25, 0.3) is 0 Å². The molecule has 2 aliphatic carbocycles. The van der Waals surface area contributed by atoms with Crippen molar-refractivity contribution in [2.75, 3.05) is 31.1 Å². The number of piperazine rings is 1. The molecule has 1 aromatic rings. The van der Waals surface area contributed by atoms with Gasteiger partial charge in [0.15, 0.2) is 5.11 Å². The molecule has 3 nitrogen and oxygen atoms in total. The summed E-state index contributed by atoms with van der Waals surface area (Å²) in [6.07, 6.45) is 5.63. The molecule has 0 unspecified atom stereocenters. The fourth-order valence-corrected chi connectivity index (χ4v) is 5.22. The van der Waals surface area contributed by atoms with Crippen LogP contribution in [0.4, 0.5) is 5.69 Å². The second-order valence-corrected chi connectivity index (χ2v) is 8.38. The molecule has 3 aliphatic rings. The molecule has 4 heteroatoms.